The van der Waals surface area contributed by atoms with Gasteiger partial charge in [0.1, 0.15) is 0 Å². The molecule has 0 saturated heterocycles. The molecule has 0 aliphatic carbocycles. The normalized spacial score (nSPS) is 12.0. The summed E-state index contributed by atoms with van der Waals surface area (Å²) in [7, 11) is 7.97. The molecule has 0 amide bonds. The Morgan fingerprint density at radius 2 is 2.14 bits per heavy atom. The summed E-state index contributed by atoms with van der Waals surface area (Å²) in [6, 6.07) is 0. The van der Waals surface area contributed by atoms with Gasteiger partial charge in [-0.3, -0.25) is 9.67 Å². The molecule has 0 saturated carbocycles. The maximum atomic E-state index is 4.34. The van der Waals surface area contributed by atoms with E-state index in [-0.39, 0.29) is 0 Å². The van der Waals surface area contributed by atoms with Crippen molar-refractivity contribution in [3.05, 3.63) is 18.0 Å². The molecule has 1 N–H and O–H groups in total. The number of unbranched alkanes of at least 4 members (excludes halogenated alkanes) is 1. The van der Waals surface area contributed by atoms with Gasteiger partial charge in [-0.05, 0) is 20.0 Å². The Morgan fingerprint density at radius 1 is 1.38 bits per heavy atom. The number of rotatable bonds is 8. The molecule has 0 aliphatic heterocycles. The van der Waals surface area contributed by atoms with Crippen LogP contribution in [0.4, 0.5) is 0 Å². The molecule has 0 bridgehead atoms. The Morgan fingerprint density at radius 3 is 2.71 bits per heavy atom. The minimum Gasteiger partial charge on any atom is -0.355 e. The van der Waals surface area contributed by atoms with E-state index < -0.39 is 0 Å². The van der Waals surface area contributed by atoms with E-state index in [4.69, 9.17) is 0 Å². The third kappa shape index (κ3) is 6.62. The van der Waals surface area contributed by atoms with Crippen LogP contribution >= 0.6 is 0 Å². The lowest BCUT2D eigenvalue weighted by Crippen LogP contribution is -2.41. The molecule has 0 radical (unpaired) electrons. The second-order valence-corrected chi connectivity index (χ2v) is 5.51. The molecule has 1 rings (SSSR count). The van der Waals surface area contributed by atoms with Gasteiger partial charge in [-0.2, -0.15) is 5.10 Å². The van der Waals surface area contributed by atoms with Crippen LogP contribution in [-0.2, 0) is 13.6 Å². The van der Waals surface area contributed by atoms with Crippen molar-refractivity contribution in [1.29, 1.82) is 0 Å². The van der Waals surface area contributed by atoms with Crippen LogP contribution < -0.4 is 5.32 Å². The Labute approximate surface area is 128 Å². The van der Waals surface area contributed by atoms with Gasteiger partial charge in [-0.25, -0.2) is 0 Å². The number of guanidine groups is 1. The van der Waals surface area contributed by atoms with Gasteiger partial charge >= 0.3 is 0 Å². The lowest BCUT2D eigenvalue weighted by atomic mass is 10.3. The molecule has 1 heterocycles. The largest absolute Gasteiger partial charge is 0.355 e. The van der Waals surface area contributed by atoms with Crippen LogP contribution in [0.2, 0.25) is 0 Å². The zero-order valence-corrected chi connectivity index (χ0v) is 14.1. The fourth-order valence-corrected chi connectivity index (χ4v) is 2.19. The number of aryl methyl sites for hydroxylation is 1. The van der Waals surface area contributed by atoms with Gasteiger partial charge in [-0.1, -0.05) is 13.3 Å². The minimum absolute atomic E-state index is 0.805. The number of hydrogen-bond donors (Lipinski definition) is 1. The lowest BCUT2D eigenvalue weighted by molar-refractivity contribution is 0.330. The van der Waals surface area contributed by atoms with Crippen molar-refractivity contribution in [2.75, 3.05) is 40.8 Å². The third-order valence-corrected chi connectivity index (χ3v) is 3.42. The number of hydrogen-bond acceptors (Lipinski definition) is 3. The van der Waals surface area contributed by atoms with Crippen molar-refractivity contribution in [1.82, 2.24) is 24.9 Å². The number of aromatic nitrogens is 2. The highest BCUT2D eigenvalue weighted by Gasteiger charge is 2.07. The van der Waals surface area contributed by atoms with E-state index in [1.807, 2.05) is 38.2 Å². The SMILES string of the molecule is CCCCN(C)CCNC(=NC)N(C)Cc1cnn(C)c1. The zero-order valence-electron chi connectivity index (χ0n) is 14.1. The van der Waals surface area contributed by atoms with Gasteiger partial charge in [0.15, 0.2) is 5.96 Å². The summed E-state index contributed by atoms with van der Waals surface area (Å²) in [5, 5.41) is 7.60. The highest BCUT2D eigenvalue weighted by molar-refractivity contribution is 5.79. The monoisotopic (exact) mass is 294 g/mol. The molecule has 0 aromatic carbocycles. The Kier molecular flexibility index (Phi) is 7.82. The highest BCUT2D eigenvalue weighted by Crippen LogP contribution is 2.01. The van der Waals surface area contributed by atoms with Gasteiger partial charge in [0, 0.05) is 52.5 Å². The molecule has 21 heavy (non-hydrogen) atoms. The Balaban J connectivity index is 2.33. The smallest absolute Gasteiger partial charge is 0.193 e. The standard InChI is InChI=1S/C15H30N6/c1-6-7-9-19(3)10-8-17-15(16-2)20(4)12-14-11-18-21(5)13-14/h11,13H,6-10,12H2,1-5H3,(H,16,17). The molecule has 1 aromatic rings. The van der Waals surface area contributed by atoms with Crippen molar-refractivity contribution in [2.45, 2.75) is 26.3 Å². The molecular weight excluding hydrogens is 264 g/mol. The van der Waals surface area contributed by atoms with Crippen LogP contribution in [0.3, 0.4) is 0 Å². The molecule has 1 aromatic heterocycles. The van der Waals surface area contributed by atoms with E-state index >= 15 is 0 Å². The van der Waals surface area contributed by atoms with E-state index in [1.165, 1.54) is 18.4 Å². The predicted octanol–water partition coefficient (Wildman–Crippen LogP) is 1.16. The van der Waals surface area contributed by atoms with Gasteiger partial charge in [0.05, 0.1) is 6.20 Å². The van der Waals surface area contributed by atoms with Gasteiger partial charge in [0.25, 0.3) is 0 Å². The van der Waals surface area contributed by atoms with Gasteiger partial charge in [0.2, 0.25) is 0 Å². The van der Waals surface area contributed by atoms with E-state index in [9.17, 15) is 0 Å². The maximum absolute atomic E-state index is 4.34. The Bertz CT molecular complexity index is 426. The van der Waals surface area contributed by atoms with E-state index in [1.54, 1.807) is 0 Å². The van der Waals surface area contributed by atoms with Crippen LogP contribution in [0.5, 0.6) is 0 Å². The summed E-state index contributed by atoms with van der Waals surface area (Å²) in [6.45, 7) is 6.12. The summed E-state index contributed by atoms with van der Waals surface area (Å²) in [6.07, 6.45) is 6.42. The number of likely N-dealkylation sites (N-methyl/N-ethyl adjacent to an activating group) is 1. The van der Waals surface area contributed by atoms with E-state index in [0.29, 0.717) is 0 Å². The van der Waals surface area contributed by atoms with Gasteiger partial charge in [-0.15, -0.1) is 0 Å². The van der Waals surface area contributed by atoms with Crippen LogP contribution in [-0.4, -0.2) is 66.3 Å². The van der Waals surface area contributed by atoms with Crippen LogP contribution in [0, 0.1) is 0 Å². The molecule has 6 nitrogen and oxygen atoms in total. The summed E-state index contributed by atoms with van der Waals surface area (Å²) in [5.74, 6) is 0.919. The topological polar surface area (TPSA) is 48.7 Å². The first-order valence-electron chi connectivity index (χ1n) is 7.64. The third-order valence-electron chi connectivity index (χ3n) is 3.42. The average Bonchev–Trinajstić information content (AvgIpc) is 2.86. The van der Waals surface area contributed by atoms with Gasteiger partial charge < -0.3 is 15.1 Å². The molecule has 0 aliphatic rings. The summed E-state index contributed by atoms with van der Waals surface area (Å²) in [5.41, 5.74) is 1.18. The molecule has 0 fully saturated rings. The number of aliphatic imine (C=N–C) groups is 1. The fraction of sp³-hybridized carbons (Fsp3) is 0.733. The molecule has 0 unspecified atom stereocenters. The first-order chi connectivity index (χ1) is 10.1. The fourth-order valence-electron chi connectivity index (χ4n) is 2.19. The second kappa shape index (κ2) is 9.39. The maximum Gasteiger partial charge on any atom is 0.193 e. The summed E-state index contributed by atoms with van der Waals surface area (Å²) >= 11 is 0. The molecule has 120 valence electrons. The lowest BCUT2D eigenvalue weighted by Gasteiger charge is -2.23. The predicted molar refractivity (Wildman–Crippen MR) is 88.4 cm³/mol. The highest BCUT2D eigenvalue weighted by atomic mass is 15.3. The molecule has 0 spiro atoms. The summed E-state index contributed by atoms with van der Waals surface area (Å²) in [4.78, 5) is 8.80. The summed E-state index contributed by atoms with van der Waals surface area (Å²) < 4.78 is 1.82. The van der Waals surface area contributed by atoms with Crippen LogP contribution in [0.15, 0.2) is 17.4 Å². The first-order valence-corrected chi connectivity index (χ1v) is 7.64. The van der Waals surface area contributed by atoms with Crippen LogP contribution in [0.25, 0.3) is 0 Å². The van der Waals surface area contributed by atoms with E-state index in [0.717, 1.165) is 32.1 Å². The van der Waals surface area contributed by atoms with Crippen molar-refractivity contribution in [3.8, 4) is 0 Å². The van der Waals surface area contributed by atoms with Crippen molar-refractivity contribution < 1.29 is 0 Å². The Hall–Kier alpha value is -1.56. The first kappa shape index (κ1) is 17.5. The number of nitrogens with zero attached hydrogens (tertiary/aromatic N) is 5. The average molecular weight is 294 g/mol. The zero-order chi connectivity index (χ0) is 15.7. The van der Waals surface area contributed by atoms with Crippen molar-refractivity contribution >= 4 is 5.96 Å². The van der Waals surface area contributed by atoms with Crippen LogP contribution in [0.1, 0.15) is 25.3 Å². The minimum atomic E-state index is 0.805. The van der Waals surface area contributed by atoms with E-state index in [2.05, 4.69) is 39.2 Å². The second-order valence-electron chi connectivity index (χ2n) is 5.51. The molecule has 6 heteroatoms. The van der Waals surface area contributed by atoms with Crippen molar-refractivity contribution in [2.24, 2.45) is 12.0 Å². The number of nitrogens with one attached hydrogen (secondary N) is 1. The van der Waals surface area contributed by atoms with Crippen molar-refractivity contribution in [3.63, 3.8) is 0 Å². The quantitative estimate of drug-likeness (QED) is 0.577. The molecular formula is C15H30N6. The molecule has 0 atom stereocenters.